The zero-order valence-electron chi connectivity index (χ0n) is 16.2. The summed E-state index contributed by atoms with van der Waals surface area (Å²) in [6.07, 6.45) is 1.47. The fraction of sp³-hybridized carbons (Fsp3) is 0.190. The Hall–Kier alpha value is -3.10. The summed E-state index contributed by atoms with van der Waals surface area (Å²) in [6, 6.07) is 13.0. The fourth-order valence-corrected chi connectivity index (χ4v) is 4.41. The number of carbonyl (C=O) groups is 2. The van der Waals surface area contributed by atoms with E-state index >= 15 is 0 Å². The van der Waals surface area contributed by atoms with E-state index in [1.807, 2.05) is 6.92 Å². The van der Waals surface area contributed by atoms with Gasteiger partial charge >= 0.3 is 0 Å². The second kappa shape index (κ2) is 8.10. The van der Waals surface area contributed by atoms with Crippen LogP contribution in [0.15, 0.2) is 71.2 Å². The summed E-state index contributed by atoms with van der Waals surface area (Å²) in [5.41, 5.74) is 1.81. The van der Waals surface area contributed by atoms with Gasteiger partial charge in [-0.25, -0.2) is 8.42 Å². The molecule has 0 fully saturated rings. The number of rotatable bonds is 7. The van der Waals surface area contributed by atoms with Crippen molar-refractivity contribution in [2.24, 2.45) is 5.10 Å². The van der Waals surface area contributed by atoms with E-state index in [-0.39, 0.29) is 29.1 Å². The molecule has 0 unspecified atom stereocenters. The second-order valence-electron chi connectivity index (χ2n) is 6.70. The Kier molecular flexibility index (Phi) is 5.76. The molecule has 0 bridgehead atoms. The van der Waals surface area contributed by atoms with Crippen LogP contribution in [0.1, 0.15) is 33.2 Å². The molecule has 3 rings (SSSR count). The molecular weight excluding hydrogens is 390 g/mol. The highest BCUT2D eigenvalue weighted by molar-refractivity contribution is 7.89. The molecule has 0 aromatic heterocycles. The number of imide groups is 1. The molecule has 0 atom stereocenters. The summed E-state index contributed by atoms with van der Waals surface area (Å²) in [7, 11) is -3.80. The molecule has 1 heterocycles. The summed E-state index contributed by atoms with van der Waals surface area (Å²) in [4.78, 5) is 25.1. The van der Waals surface area contributed by atoms with Crippen molar-refractivity contribution < 1.29 is 18.0 Å². The predicted molar refractivity (Wildman–Crippen MR) is 110 cm³/mol. The Morgan fingerprint density at radius 3 is 2.14 bits per heavy atom. The maximum atomic E-state index is 13.0. The Balaban J connectivity index is 1.86. The van der Waals surface area contributed by atoms with Crippen LogP contribution in [0.5, 0.6) is 0 Å². The van der Waals surface area contributed by atoms with Crippen LogP contribution in [0.3, 0.4) is 0 Å². The Morgan fingerprint density at radius 1 is 1.07 bits per heavy atom. The number of nitrogens with zero attached hydrogens (tertiary/aromatic N) is 3. The number of sulfonamides is 1. The molecule has 0 saturated heterocycles. The van der Waals surface area contributed by atoms with Crippen LogP contribution < -0.4 is 0 Å². The number of benzene rings is 2. The normalized spacial score (nSPS) is 14.4. The molecule has 29 heavy (non-hydrogen) atoms. The number of hydrazone groups is 1. The first kappa shape index (κ1) is 20.6. The van der Waals surface area contributed by atoms with Gasteiger partial charge < -0.3 is 0 Å². The molecule has 0 saturated carbocycles. The van der Waals surface area contributed by atoms with Gasteiger partial charge in [0.25, 0.3) is 11.8 Å². The van der Waals surface area contributed by atoms with E-state index in [1.165, 1.54) is 22.5 Å². The van der Waals surface area contributed by atoms with Crippen molar-refractivity contribution in [3.8, 4) is 0 Å². The van der Waals surface area contributed by atoms with Gasteiger partial charge in [0, 0.05) is 6.54 Å². The number of carbonyl (C=O) groups excluding carboxylic acids is 2. The van der Waals surface area contributed by atoms with Crippen molar-refractivity contribution >= 4 is 27.5 Å². The summed E-state index contributed by atoms with van der Waals surface area (Å²) >= 11 is 0. The molecule has 0 spiro atoms. The molecule has 1 aliphatic heterocycles. The van der Waals surface area contributed by atoms with Crippen molar-refractivity contribution in [1.82, 2.24) is 9.31 Å². The van der Waals surface area contributed by atoms with Crippen molar-refractivity contribution in [1.29, 1.82) is 0 Å². The fourth-order valence-electron chi connectivity index (χ4n) is 2.98. The van der Waals surface area contributed by atoms with Crippen LogP contribution in [-0.2, 0) is 10.0 Å². The third-order valence-electron chi connectivity index (χ3n) is 4.44. The van der Waals surface area contributed by atoms with Crippen molar-refractivity contribution in [2.75, 3.05) is 13.1 Å². The lowest BCUT2D eigenvalue weighted by molar-refractivity contribution is 0.0658. The number of amides is 2. The zero-order valence-corrected chi connectivity index (χ0v) is 17.0. The first-order valence-electron chi connectivity index (χ1n) is 8.95. The minimum Gasteiger partial charge on any atom is -0.267 e. The highest BCUT2D eigenvalue weighted by Crippen LogP contribution is 2.23. The van der Waals surface area contributed by atoms with Crippen molar-refractivity contribution in [3.63, 3.8) is 0 Å². The van der Waals surface area contributed by atoms with Crippen molar-refractivity contribution in [3.05, 3.63) is 77.9 Å². The van der Waals surface area contributed by atoms with E-state index in [0.717, 1.165) is 10.6 Å². The van der Waals surface area contributed by atoms with Gasteiger partial charge in [0.2, 0.25) is 10.0 Å². The standard InChI is InChI=1S/C21H21N3O4S/c1-4-13-23(29(27,28)17-11-9-15(2)10-12-17)14-16(3)22-24-20(25)18-7-5-6-8-19(18)21(24)26/h4-12H,1,13-14H2,2-3H3/b22-16+. The van der Waals surface area contributed by atoms with E-state index < -0.39 is 21.8 Å². The van der Waals surface area contributed by atoms with E-state index in [0.29, 0.717) is 5.71 Å². The van der Waals surface area contributed by atoms with Crippen LogP contribution in [0.25, 0.3) is 0 Å². The van der Waals surface area contributed by atoms with Crippen LogP contribution in [0.2, 0.25) is 0 Å². The minimum atomic E-state index is -3.80. The molecule has 8 heteroatoms. The Morgan fingerprint density at radius 2 is 1.62 bits per heavy atom. The first-order chi connectivity index (χ1) is 13.8. The monoisotopic (exact) mass is 411 g/mol. The van der Waals surface area contributed by atoms with E-state index in [4.69, 9.17) is 0 Å². The predicted octanol–water partition coefficient (Wildman–Crippen LogP) is 2.84. The molecule has 150 valence electrons. The van der Waals surface area contributed by atoms with Gasteiger partial charge in [-0.15, -0.1) is 6.58 Å². The van der Waals surface area contributed by atoms with Gasteiger partial charge in [-0.3, -0.25) is 9.59 Å². The van der Waals surface area contributed by atoms with Crippen LogP contribution in [0, 0.1) is 6.92 Å². The maximum Gasteiger partial charge on any atom is 0.282 e. The molecule has 0 aliphatic carbocycles. The third-order valence-corrected chi connectivity index (χ3v) is 6.27. The number of aryl methyl sites for hydroxylation is 1. The summed E-state index contributed by atoms with van der Waals surface area (Å²) in [5, 5.41) is 4.89. The minimum absolute atomic E-state index is 0.0607. The molecule has 2 aromatic carbocycles. The molecular formula is C21H21N3O4S. The van der Waals surface area contributed by atoms with E-state index in [1.54, 1.807) is 43.3 Å². The van der Waals surface area contributed by atoms with Gasteiger partial charge in [-0.2, -0.15) is 14.4 Å². The van der Waals surface area contributed by atoms with Crippen LogP contribution in [-0.4, -0.2) is 48.3 Å². The average Bonchev–Trinajstić information content (AvgIpc) is 2.93. The molecule has 1 aliphatic rings. The number of hydrogen-bond acceptors (Lipinski definition) is 5. The SMILES string of the molecule is C=CCN(C/C(C)=N/N1C(=O)c2ccccc2C1=O)S(=O)(=O)c1ccc(C)cc1. The Bertz CT molecular complexity index is 1070. The molecule has 7 nitrogen and oxygen atoms in total. The second-order valence-corrected chi connectivity index (χ2v) is 8.64. The smallest absolute Gasteiger partial charge is 0.267 e. The lowest BCUT2D eigenvalue weighted by Gasteiger charge is -2.21. The topological polar surface area (TPSA) is 87.1 Å². The molecule has 2 aromatic rings. The van der Waals surface area contributed by atoms with E-state index in [9.17, 15) is 18.0 Å². The average molecular weight is 411 g/mol. The lowest BCUT2D eigenvalue weighted by Crippen LogP contribution is -2.36. The summed E-state index contributed by atoms with van der Waals surface area (Å²) in [6.45, 7) is 7.04. The number of fused-ring (bicyclic) bond motifs is 1. The lowest BCUT2D eigenvalue weighted by atomic mass is 10.1. The van der Waals surface area contributed by atoms with Crippen LogP contribution in [0.4, 0.5) is 0 Å². The summed E-state index contributed by atoms with van der Waals surface area (Å²) in [5.74, 6) is -1.05. The van der Waals surface area contributed by atoms with Gasteiger partial charge in [0.1, 0.15) is 0 Å². The molecule has 2 amide bonds. The quantitative estimate of drug-likeness (QED) is 0.398. The highest BCUT2D eigenvalue weighted by Gasteiger charge is 2.35. The largest absolute Gasteiger partial charge is 0.282 e. The van der Waals surface area contributed by atoms with Gasteiger partial charge in [0.05, 0.1) is 28.3 Å². The van der Waals surface area contributed by atoms with Gasteiger partial charge in [0.15, 0.2) is 0 Å². The zero-order chi connectivity index (χ0) is 21.2. The molecule has 0 radical (unpaired) electrons. The maximum absolute atomic E-state index is 13.0. The third kappa shape index (κ3) is 4.03. The van der Waals surface area contributed by atoms with Gasteiger partial charge in [-0.05, 0) is 38.1 Å². The number of hydrogen-bond donors (Lipinski definition) is 0. The van der Waals surface area contributed by atoms with Crippen LogP contribution >= 0.6 is 0 Å². The highest BCUT2D eigenvalue weighted by atomic mass is 32.2. The van der Waals surface area contributed by atoms with Crippen molar-refractivity contribution in [2.45, 2.75) is 18.7 Å². The first-order valence-corrected chi connectivity index (χ1v) is 10.4. The van der Waals surface area contributed by atoms with E-state index in [2.05, 4.69) is 11.7 Å². The Labute approximate surface area is 170 Å². The molecule has 0 N–H and O–H groups in total. The summed E-state index contributed by atoms with van der Waals surface area (Å²) < 4.78 is 27.2. The van der Waals surface area contributed by atoms with Gasteiger partial charge in [-0.1, -0.05) is 35.9 Å².